The number of rotatable bonds is 3. The zero-order chi connectivity index (χ0) is 19.1. The minimum absolute atomic E-state index is 0.0486. The lowest BCUT2D eigenvalue weighted by Crippen LogP contribution is -2.34. The highest BCUT2D eigenvalue weighted by atomic mass is 16.2. The third-order valence-electron chi connectivity index (χ3n) is 5.96. The maximum Gasteiger partial charge on any atom is 0.252 e. The summed E-state index contributed by atoms with van der Waals surface area (Å²) in [5, 5.41) is 6.27. The molecule has 2 N–H and O–H groups in total. The monoisotopic (exact) mass is 377 g/mol. The summed E-state index contributed by atoms with van der Waals surface area (Å²) in [6, 6.07) is 7.16. The average molecular weight is 377 g/mol. The topological polar surface area (TPSA) is 87.2 Å². The van der Waals surface area contributed by atoms with Crippen molar-refractivity contribution in [2.45, 2.75) is 44.3 Å². The molecular formula is C21H23N5O2. The molecule has 7 heteroatoms. The van der Waals surface area contributed by atoms with Crippen molar-refractivity contribution in [1.82, 2.24) is 25.5 Å². The second kappa shape index (κ2) is 6.98. The van der Waals surface area contributed by atoms with Crippen LogP contribution >= 0.6 is 0 Å². The van der Waals surface area contributed by atoms with E-state index >= 15 is 0 Å². The molecular weight excluding hydrogens is 354 g/mol. The molecule has 2 aromatic rings. The van der Waals surface area contributed by atoms with Crippen LogP contribution in [0.3, 0.4) is 0 Å². The van der Waals surface area contributed by atoms with E-state index in [1.807, 2.05) is 35.4 Å². The van der Waals surface area contributed by atoms with E-state index in [1.54, 1.807) is 0 Å². The van der Waals surface area contributed by atoms with Gasteiger partial charge in [-0.05, 0) is 24.5 Å². The zero-order valence-corrected chi connectivity index (χ0v) is 15.6. The van der Waals surface area contributed by atoms with Gasteiger partial charge in [0.15, 0.2) is 5.82 Å². The van der Waals surface area contributed by atoms with Gasteiger partial charge in [0.25, 0.3) is 5.91 Å². The van der Waals surface area contributed by atoms with Gasteiger partial charge in [-0.25, -0.2) is 9.97 Å². The van der Waals surface area contributed by atoms with E-state index in [-0.39, 0.29) is 30.3 Å². The first-order valence-electron chi connectivity index (χ1n) is 9.95. The Morgan fingerprint density at radius 2 is 2.18 bits per heavy atom. The molecule has 5 rings (SSSR count). The summed E-state index contributed by atoms with van der Waals surface area (Å²) in [6.45, 7) is 2.45. The van der Waals surface area contributed by atoms with Crippen LogP contribution in [-0.2, 0) is 17.8 Å². The molecule has 3 aliphatic rings. The zero-order valence-electron chi connectivity index (χ0n) is 15.6. The first-order valence-corrected chi connectivity index (χ1v) is 9.95. The van der Waals surface area contributed by atoms with Gasteiger partial charge < -0.3 is 15.5 Å². The number of carbonyl (C=O) groups excluding carboxylic acids is 2. The standard InChI is InChI=1S/C21H23N5O2/c27-19(10-17-14-4-1-2-5-15(14)21(28)25-17)26-9-3-6-18(26)20-23-12-13-11-22-8-7-16(13)24-20/h1-2,4-5,12,17-18,22H,3,6-11H2,(H,25,28). The molecule has 0 radical (unpaired) electrons. The van der Waals surface area contributed by atoms with Crippen molar-refractivity contribution in [3.63, 3.8) is 0 Å². The Hall–Kier alpha value is -2.80. The molecule has 2 unspecified atom stereocenters. The Balaban J connectivity index is 1.35. The van der Waals surface area contributed by atoms with E-state index in [9.17, 15) is 9.59 Å². The molecule has 2 amide bonds. The average Bonchev–Trinajstić information content (AvgIpc) is 3.33. The smallest absolute Gasteiger partial charge is 0.252 e. The van der Waals surface area contributed by atoms with E-state index in [2.05, 4.69) is 15.6 Å². The fourth-order valence-corrected chi connectivity index (χ4v) is 4.52. The lowest BCUT2D eigenvalue weighted by Gasteiger charge is -2.26. The van der Waals surface area contributed by atoms with Crippen molar-refractivity contribution in [2.75, 3.05) is 13.1 Å². The van der Waals surface area contributed by atoms with E-state index in [0.29, 0.717) is 12.1 Å². The van der Waals surface area contributed by atoms with Crippen LogP contribution in [0.4, 0.5) is 0 Å². The summed E-state index contributed by atoms with van der Waals surface area (Å²) < 4.78 is 0. The van der Waals surface area contributed by atoms with Gasteiger partial charge in [-0.3, -0.25) is 9.59 Å². The summed E-state index contributed by atoms with van der Waals surface area (Å²) in [6.07, 6.45) is 4.91. The number of likely N-dealkylation sites (tertiary alicyclic amines) is 1. The maximum absolute atomic E-state index is 13.1. The SMILES string of the molecule is O=C1NC(CC(=O)N2CCCC2c2ncc3c(n2)CCNC3)c2ccccc21. The molecule has 1 saturated heterocycles. The first-order chi connectivity index (χ1) is 13.7. The highest BCUT2D eigenvalue weighted by Gasteiger charge is 2.36. The van der Waals surface area contributed by atoms with E-state index in [4.69, 9.17) is 4.98 Å². The molecule has 0 saturated carbocycles. The van der Waals surface area contributed by atoms with Crippen molar-refractivity contribution >= 4 is 11.8 Å². The Labute approximate surface area is 163 Å². The number of nitrogens with zero attached hydrogens (tertiary/aromatic N) is 3. The van der Waals surface area contributed by atoms with Crippen LogP contribution in [0.5, 0.6) is 0 Å². The van der Waals surface area contributed by atoms with Gasteiger partial charge >= 0.3 is 0 Å². The number of nitrogens with one attached hydrogen (secondary N) is 2. The highest BCUT2D eigenvalue weighted by molar-refractivity contribution is 5.99. The molecule has 7 nitrogen and oxygen atoms in total. The number of fused-ring (bicyclic) bond motifs is 2. The van der Waals surface area contributed by atoms with Crippen LogP contribution in [-0.4, -0.2) is 39.8 Å². The van der Waals surface area contributed by atoms with Gasteiger partial charge in [-0.1, -0.05) is 18.2 Å². The van der Waals surface area contributed by atoms with Crippen molar-refractivity contribution in [3.8, 4) is 0 Å². The van der Waals surface area contributed by atoms with Gasteiger partial charge in [-0.15, -0.1) is 0 Å². The lowest BCUT2D eigenvalue weighted by molar-refractivity contribution is -0.132. The molecule has 4 heterocycles. The van der Waals surface area contributed by atoms with Gasteiger partial charge in [0.05, 0.1) is 18.5 Å². The van der Waals surface area contributed by atoms with Crippen LogP contribution in [0, 0.1) is 0 Å². The lowest BCUT2D eigenvalue weighted by atomic mass is 10.0. The predicted octanol–water partition coefficient (Wildman–Crippen LogP) is 1.66. The summed E-state index contributed by atoms with van der Waals surface area (Å²) in [4.78, 5) is 36.5. The molecule has 1 aromatic heterocycles. The molecule has 2 atom stereocenters. The second-order valence-corrected chi connectivity index (χ2v) is 7.69. The van der Waals surface area contributed by atoms with Crippen molar-refractivity contribution < 1.29 is 9.59 Å². The number of hydrogen-bond acceptors (Lipinski definition) is 5. The Morgan fingerprint density at radius 3 is 3.11 bits per heavy atom. The number of amides is 2. The minimum Gasteiger partial charge on any atom is -0.345 e. The fraction of sp³-hybridized carbons (Fsp3) is 0.429. The van der Waals surface area contributed by atoms with Crippen LogP contribution < -0.4 is 10.6 Å². The highest BCUT2D eigenvalue weighted by Crippen LogP contribution is 2.34. The van der Waals surface area contributed by atoms with Crippen LogP contribution in [0.15, 0.2) is 30.5 Å². The van der Waals surface area contributed by atoms with Gasteiger partial charge in [0, 0.05) is 49.1 Å². The summed E-state index contributed by atoms with van der Waals surface area (Å²) in [5.41, 5.74) is 3.83. The third-order valence-corrected chi connectivity index (χ3v) is 5.96. The molecule has 3 aliphatic heterocycles. The largest absolute Gasteiger partial charge is 0.345 e. The van der Waals surface area contributed by atoms with Gasteiger partial charge in [-0.2, -0.15) is 0 Å². The number of carbonyl (C=O) groups is 2. The van der Waals surface area contributed by atoms with E-state index in [1.165, 1.54) is 0 Å². The summed E-state index contributed by atoms with van der Waals surface area (Å²) in [5.74, 6) is 0.702. The Morgan fingerprint density at radius 1 is 1.29 bits per heavy atom. The Kier molecular flexibility index (Phi) is 4.31. The van der Waals surface area contributed by atoms with Crippen molar-refractivity contribution in [1.29, 1.82) is 0 Å². The number of benzene rings is 1. The van der Waals surface area contributed by atoms with Crippen LogP contribution in [0.2, 0.25) is 0 Å². The second-order valence-electron chi connectivity index (χ2n) is 7.69. The number of aromatic nitrogens is 2. The molecule has 0 bridgehead atoms. The van der Waals surface area contributed by atoms with Crippen LogP contribution in [0.1, 0.15) is 64.3 Å². The van der Waals surface area contributed by atoms with Gasteiger partial charge in [0.1, 0.15) is 0 Å². The van der Waals surface area contributed by atoms with E-state index in [0.717, 1.165) is 55.0 Å². The van der Waals surface area contributed by atoms with Crippen molar-refractivity contribution in [2.24, 2.45) is 0 Å². The fourth-order valence-electron chi connectivity index (χ4n) is 4.52. The molecule has 144 valence electrons. The number of hydrogen-bond donors (Lipinski definition) is 2. The van der Waals surface area contributed by atoms with E-state index < -0.39 is 0 Å². The van der Waals surface area contributed by atoms with Crippen molar-refractivity contribution in [3.05, 3.63) is 58.7 Å². The minimum atomic E-state index is -0.257. The molecule has 1 fully saturated rings. The molecule has 28 heavy (non-hydrogen) atoms. The molecule has 1 aromatic carbocycles. The quantitative estimate of drug-likeness (QED) is 0.850. The molecule has 0 spiro atoms. The summed E-state index contributed by atoms with van der Waals surface area (Å²) >= 11 is 0. The maximum atomic E-state index is 13.1. The Bertz CT molecular complexity index is 944. The van der Waals surface area contributed by atoms with Crippen LogP contribution in [0.25, 0.3) is 0 Å². The van der Waals surface area contributed by atoms with Gasteiger partial charge in [0.2, 0.25) is 5.91 Å². The third kappa shape index (κ3) is 2.96. The molecule has 0 aliphatic carbocycles. The normalized spacial score (nSPS) is 23.3. The summed E-state index contributed by atoms with van der Waals surface area (Å²) in [7, 11) is 0. The predicted molar refractivity (Wildman–Crippen MR) is 102 cm³/mol. The first kappa shape index (κ1) is 17.3.